The maximum atomic E-state index is 8.54. The zero-order valence-corrected chi connectivity index (χ0v) is 67.6. The number of nitrogens with one attached hydrogen (secondary N) is 2. The van der Waals surface area contributed by atoms with Crippen LogP contribution in [0.5, 0.6) is 0 Å². The summed E-state index contributed by atoms with van der Waals surface area (Å²) in [7, 11) is -3.19. The summed E-state index contributed by atoms with van der Waals surface area (Å²) >= 11 is 3.40. The standard InChI is InChI=1S/4C18H15P.C13H10N2.C8H6BrN.C5H6BNO2.Pd/c4*1-4-10-16(11-5-1)19(17-12-6-2-7-13-17)18-14-8-3-9-15-18;1-2-12(9-14-6-1)10-3-4-13-11(8-10)5-7-15-13;9-7-1-2-8-6(5-7)3-4-10-8;8-6(9)5-2-1-3-7-4-5;/h4*1-15H;1-9,15H;1-5,10H;1-4,8-9H;. The topological polar surface area (TPSA) is 97.8 Å². The molecule has 18 aromatic rings. The van der Waals surface area contributed by atoms with E-state index in [0.29, 0.717) is 5.46 Å². The Balaban J connectivity index is 0.000000130. The molecular formula is C98H82BBrN4O2P4Pd. The molecule has 4 heterocycles. The minimum Gasteiger partial charge on any atom is -0.423 e. The van der Waals surface area contributed by atoms with E-state index >= 15 is 0 Å². The van der Waals surface area contributed by atoms with Gasteiger partial charge in [-0.1, -0.05) is 398 Å². The Morgan fingerprint density at radius 2 is 0.486 bits per heavy atom. The molecular weight excluding hydrogens is 1590 g/mol. The average molecular weight is 1670 g/mol. The Bertz CT molecular complexity index is 4680. The normalized spacial score (nSPS) is 10.4. The largest absolute Gasteiger partial charge is 0.490 e. The fraction of sp³-hybridized carbons (Fsp3) is 0. The van der Waals surface area contributed by atoms with Crippen LogP contribution in [0.15, 0.2) is 478 Å². The molecule has 111 heavy (non-hydrogen) atoms. The van der Waals surface area contributed by atoms with E-state index in [2.05, 4.69) is 448 Å². The summed E-state index contributed by atoms with van der Waals surface area (Å²) < 4.78 is 1.12. The monoisotopic (exact) mass is 1670 g/mol. The Morgan fingerprint density at radius 1 is 0.243 bits per heavy atom. The first-order valence-electron chi connectivity index (χ1n) is 36.2. The number of hydrogen-bond donors (Lipinski definition) is 4. The fourth-order valence-corrected chi connectivity index (χ4v) is 21.6. The van der Waals surface area contributed by atoms with Gasteiger partial charge in [0, 0.05) is 89.5 Å². The summed E-state index contributed by atoms with van der Waals surface area (Å²) in [6.07, 6.45) is 10.6. The number of fused-ring (bicyclic) bond motifs is 2. The van der Waals surface area contributed by atoms with Crippen LogP contribution < -0.4 is 69.1 Å². The third-order valence-corrected chi connectivity index (χ3v) is 27.5. The molecule has 0 atom stereocenters. The molecule has 0 bridgehead atoms. The summed E-state index contributed by atoms with van der Waals surface area (Å²) in [5, 5.41) is 36.3. The molecule has 0 aliphatic heterocycles. The SMILES string of the molecule is Brc1ccc2[nH]ccc2c1.OB(O)c1cccnc1.[Pd].c1ccc(P(c2ccccc2)c2ccccc2)cc1.c1ccc(P(c2ccccc2)c2ccccc2)cc1.c1ccc(P(c2ccccc2)c2ccccc2)cc1.c1ccc(P(c2ccccc2)c2ccccc2)cc1.c1cncc(-c2ccc3[nH]ccc3c2)c1. The molecule has 4 aromatic heterocycles. The Labute approximate surface area is 680 Å². The fourth-order valence-electron chi connectivity index (χ4n) is 12.0. The number of benzene rings is 14. The van der Waals surface area contributed by atoms with Gasteiger partial charge in [-0.25, -0.2) is 0 Å². The van der Waals surface area contributed by atoms with Crippen LogP contribution in [0.25, 0.3) is 32.9 Å². The van der Waals surface area contributed by atoms with Crippen molar-refractivity contribution < 1.29 is 30.5 Å². The van der Waals surface area contributed by atoms with E-state index in [-0.39, 0.29) is 20.4 Å². The molecule has 0 unspecified atom stereocenters. The van der Waals surface area contributed by atoms with Gasteiger partial charge in [0.25, 0.3) is 0 Å². The number of rotatable bonds is 14. The first-order chi connectivity index (χ1) is 54.4. The van der Waals surface area contributed by atoms with Crippen LogP contribution in [0.2, 0.25) is 0 Å². The van der Waals surface area contributed by atoms with Crippen molar-refractivity contribution in [2.75, 3.05) is 0 Å². The quantitative estimate of drug-likeness (QED) is 0.0644. The molecule has 0 radical (unpaired) electrons. The number of aromatic amines is 2. The van der Waals surface area contributed by atoms with Crippen molar-refractivity contribution in [1.29, 1.82) is 0 Å². The van der Waals surface area contributed by atoms with Crippen LogP contribution in [0, 0.1) is 0 Å². The van der Waals surface area contributed by atoms with Gasteiger partial charge >= 0.3 is 7.12 Å². The van der Waals surface area contributed by atoms with Crippen molar-refractivity contribution in [2.45, 2.75) is 0 Å². The zero-order valence-electron chi connectivity index (χ0n) is 60.9. The van der Waals surface area contributed by atoms with E-state index in [1.807, 2.05) is 30.7 Å². The van der Waals surface area contributed by atoms with Crippen LogP contribution in [-0.4, -0.2) is 37.1 Å². The van der Waals surface area contributed by atoms with Crippen LogP contribution >= 0.6 is 47.6 Å². The van der Waals surface area contributed by atoms with Gasteiger partial charge in [0.05, 0.1) is 0 Å². The van der Waals surface area contributed by atoms with Crippen molar-refractivity contribution in [3.63, 3.8) is 0 Å². The number of halogens is 1. The number of nitrogens with zero attached hydrogens (tertiary/aromatic N) is 2. The zero-order chi connectivity index (χ0) is 75.4. The summed E-state index contributed by atoms with van der Waals surface area (Å²) in [6.45, 7) is 0. The van der Waals surface area contributed by atoms with Gasteiger partial charge in [0.1, 0.15) is 0 Å². The summed E-state index contributed by atoms with van der Waals surface area (Å²) in [4.78, 5) is 14.1. The van der Waals surface area contributed by atoms with Gasteiger partial charge in [0.15, 0.2) is 0 Å². The first kappa shape index (κ1) is 81.3. The second-order valence-electron chi connectivity index (χ2n) is 24.8. The third-order valence-electron chi connectivity index (χ3n) is 17.2. The van der Waals surface area contributed by atoms with Gasteiger partial charge in [-0.2, -0.15) is 0 Å². The van der Waals surface area contributed by atoms with Gasteiger partial charge in [0.2, 0.25) is 0 Å². The molecule has 0 aliphatic carbocycles. The summed E-state index contributed by atoms with van der Waals surface area (Å²) in [5.41, 5.74) is 5.12. The van der Waals surface area contributed by atoms with E-state index in [4.69, 9.17) is 10.0 Å². The second kappa shape index (κ2) is 44.8. The molecule has 14 aromatic carbocycles. The number of hydrogen-bond acceptors (Lipinski definition) is 4. The average Bonchev–Trinajstić information content (AvgIpc) is 1.64. The molecule has 18 rings (SSSR count). The molecule has 0 amide bonds. The minimum atomic E-state index is -1.40. The summed E-state index contributed by atoms with van der Waals surface area (Å²) in [5.74, 6) is 0. The van der Waals surface area contributed by atoms with Crippen molar-refractivity contribution in [1.82, 2.24) is 19.9 Å². The van der Waals surface area contributed by atoms with Gasteiger partial charge in [-0.3, -0.25) is 9.97 Å². The Hall–Kier alpha value is -10.7. The van der Waals surface area contributed by atoms with E-state index in [1.165, 1.54) is 97.2 Å². The predicted octanol–water partition coefficient (Wildman–Crippen LogP) is 18.7. The Morgan fingerprint density at radius 3 is 0.712 bits per heavy atom. The number of H-pyrrole nitrogens is 2. The van der Waals surface area contributed by atoms with Crippen molar-refractivity contribution >= 4 is 146 Å². The third kappa shape index (κ3) is 24.7. The predicted molar refractivity (Wildman–Crippen MR) is 482 cm³/mol. The van der Waals surface area contributed by atoms with E-state index in [9.17, 15) is 0 Å². The second-order valence-corrected chi connectivity index (χ2v) is 34.6. The molecule has 0 saturated carbocycles. The van der Waals surface area contributed by atoms with Crippen LogP contribution in [0.3, 0.4) is 0 Å². The summed E-state index contributed by atoms with van der Waals surface area (Å²) in [6, 6.07) is 153. The molecule has 0 fully saturated rings. The molecule has 0 saturated heterocycles. The van der Waals surface area contributed by atoms with Crippen molar-refractivity contribution in [3.05, 3.63) is 478 Å². The smallest absolute Gasteiger partial charge is 0.423 e. The van der Waals surface area contributed by atoms with Crippen molar-refractivity contribution in [2.24, 2.45) is 0 Å². The molecule has 546 valence electrons. The molecule has 0 spiro atoms. The van der Waals surface area contributed by atoms with Crippen molar-refractivity contribution in [3.8, 4) is 11.1 Å². The first-order valence-corrected chi connectivity index (χ1v) is 42.3. The Kier molecular flexibility index (Phi) is 32.8. The molecule has 4 N–H and O–H groups in total. The number of aromatic nitrogens is 4. The van der Waals surface area contributed by atoms with Gasteiger partial charge in [-0.05, 0) is 161 Å². The minimum absolute atomic E-state index is 0. The maximum Gasteiger partial charge on any atom is 0.490 e. The molecule has 6 nitrogen and oxygen atoms in total. The molecule has 0 aliphatic rings. The van der Waals surface area contributed by atoms with E-state index < -0.39 is 38.8 Å². The number of pyridine rings is 2. The molecule has 13 heteroatoms. The van der Waals surface area contributed by atoms with Crippen LogP contribution in [0.1, 0.15) is 0 Å². The van der Waals surface area contributed by atoms with E-state index in [0.717, 1.165) is 10.0 Å². The van der Waals surface area contributed by atoms with Crippen LogP contribution in [0.4, 0.5) is 0 Å². The van der Waals surface area contributed by atoms with Crippen LogP contribution in [-0.2, 0) is 20.4 Å². The van der Waals surface area contributed by atoms with E-state index in [1.54, 1.807) is 24.5 Å². The van der Waals surface area contributed by atoms with Gasteiger partial charge in [-0.15, -0.1) is 0 Å². The van der Waals surface area contributed by atoms with Gasteiger partial charge < -0.3 is 20.0 Å². The maximum absolute atomic E-state index is 8.54.